The van der Waals surface area contributed by atoms with Crippen molar-refractivity contribution in [3.05, 3.63) is 12.2 Å². The molecule has 0 unspecified atom stereocenters. The molecule has 0 heterocycles. The number of hydrogen-bond donors (Lipinski definition) is 1. The van der Waals surface area contributed by atoms with Crippen molar-refractivity contribution in [3.8, 4) is 0 Å². The van der Waals surface area contributed by atoms with Crippen molar-refractivity contribution in [2.75, 3.05) is 67.5 Å². The molecule has 140 valence electrons. The highest BCUT2D eigenvalue weighted by Gasteiger charge is 2.13. The lowest BCUT2D eigenvalue weighted by Crippen LogP contribution is -2.43. The van der Waals surface area contributed by atoms with Crippen molar-refractivity contribution in [2.45, 2.75) is 19.8 Å². The molecule has 0 fully saturated rings. The molecule has 0 bridgehead atoms. The Hall–Kier alpha value is -1.60. The Morgan fingerprint density at radius 2 is 1.46 bits per heavy atom. The predicted octanol–water partition coefficient (Wildman–Crippen LogP) is 1.02. The normalized spacial score (nSPS) is 10.8. The lowest BCUT2D eigenvalue weighted by molar-refractivity contribution is -0.138. The molecule has 0 aromatic heterocycles. The van der Waals surface area contributed by atoms with Gasteiger partial charge in [-0.1, -0.05) is 6.58 Å². The molecular formula is C17H34N4O3. The van der Waals surface area contributed by atoms with Gasteiger partial charge in [-0.25, -0.2) is 9.59 Å². The van der Waals surface area contributed by atoms with Crippen LogP contribution in [0.1, 0.15) is 19.8 Å². The van der Waals surface area contributed by atoms with Gasteiger partial charge >= 0.3 is 12.0 Å². The Morgan fingerprint density at radius 3 is 1.88 bits per heavy atom. The van der Waals surface area contributed by atoms with Crippen molar-refractivity contribution in [1.29, 1.82) is 0 Å². The highest BCUT2D eigenvalue weighted by atomic mass is 16.5. The summed E-state index contributed by atoms with van der Waals surface area (Å²) < 4.78 is 4.97. The third-order valence-electron chi connectivity index (χ3n) is 3.31. The maximum atomic E-state index is 12.3. The van der Waals surface area contributed by atoms with Crippen LogP contribution in [0.3, 0.4) is 0 Å². The van der Waals surface area contributed by atoms with E-state index in [1.165, 1.54) is 0 Å². The van der Waals surface area contributed by atoms with E-state index in [1.807, 2.05) is 33.1 Å². The molecule has 2 amide bonds. The largest absolute Gasteiger partial charge is 0.460 e. The second-order valence-electron chi connectivity index (χ2n) is 6.45. The van der Waals surface area contributed by atoms with E-state index < -0.39 is 5.97 Å². The molecule has 0 aromatic carbocycles. The molecule has 0 aliphatic rings. The lowest BCUT2D eigenvalue weighted by atomic mass is 10.3. The molecule has 0 saturated carbocycles. The van der Waals surface area contributed by atoms with E-state index in [0.717, 1.165) is 25.9 Å². The zero-order valence-corrected chi connectivity index (χ0v) is 15.9. The Labute approximate surface area is 146 Å². The summed E-state index contributed by atoms with van der Waals surface area (Å²) in [4.78, 5) is 29.6. The van der Waals surface area contributed by atoms with E-state index in [1.54, 1.807) is 6.92 Å². The maximum Gasteiger partial charge on any atom is 0.333 e. The Bertz CT molecular complexity index is 383. The van der Waals surface area contributed by atoms with Crippen LogP contribution in [0.15, 0.2) is 12.2 Å². The van der Waals surface area contributed by atoms with E-state index in [9.17, 15) is 9.59 Å². The first-order valence-electron chi connectivity index (χ1n) is 8.39. The minimum absolute atomic E-state index is 0.112. The van der Waals surface area contributed by atoms with Gasteiger partial charge in [-0.15, -0.1) is 0 Å². The van der Waals surface area contributed by atoms with Gasteiger partial charge in [0.05, 0.1) is 6.54 Å². The summed E-state index contributed by atoms with van der Waals surface area (Å²) in [6, 6.07) is -0.112. The first kappa shape index (κ1) is 22.4. The van der Waals surface area contributed by atoms with E-state index in [2.05, 4.69) is 21.7 Å². The predicted molar refractivity (Wildman–Crippen MR) is 97.1 cm³/mol. The quantitative estimate of drug-likeness (QED) is 0.326. The Balaban J connectivity index is 4.23. The first-order chi connectivity index (χ1) is 11.2. The van der Waals surface area contributed by atoms with Gasteiger partial charge in [0.15, 0.2) is 0 Å². The average molecular weight is 342 g/mol. The van der Waals surface area contributed by atoms with Gasteiger partial charge in [0.1, 0.15) is 6.61 Å². The fourth-order valence-electron chi connectivity index (χ4n) is 2.01. The van der Waals surface area contributed by atoms with Gasteiger partial charge in [-0.2, -0.15) is 0 Å². The number of esters is 1. The van der Waals surface area contributed by atoms with Crippen LogP contribution >= 0.6 is 0 Å². The van der Waals surface area contributed by atoms with E-state index >= 15 is 0 Å². The standard InChI is InChI=1S/C17H34N4O3/c1-15(2)16(22)24-14-9-18-17(23)21(12-7-10-19(3)4)13-8-11-20(5)6/h1,7-14H2,2-6H3,(H,18,23). The van der Waals surface area contributed by atoms with E-state index in [0.29, 0.717) is 25.2 Å². The van der Waals surface area contributed by atoms with Crippen molar-refractivity contribution in [3.63, 3.8) is 0 Å². The Morgan fingerprint density at radius 1 is 0.958 bits per heavy atom. The minimum atomic E-state index is -0.432. The summed E-state index contributed by atoms with van der Waals surface area (Å²) in [6.07, 6.45) is 1.85. The number of rotatable bonds is 12. The van der Waals surface area contributed by atoms with Crippen molar-refractivity contribution < 1.29 is 14.3 Å². The monoisotopic (exact) mass is 342 g/mol. The topological polar surface area (TPSA) is 65.1 Å². The molecule has 1 N–H and O–H groups in total. The highest BCUT2D eigenvalue weighted by Crippen LogP contribution is 1.98. The van der Waals surface area contributed by atoms with Crippen LogP contribution in [0.2, 0.25) is 0 Å². The zero-order valence-electron chi connectivity index (χ0n) is 15.9. The summed E-state index contributed by atoms with van der Waals surface area (Å²) in [5, 5.41) is 2.81. The molecule has 0 aliphatic carbocycles. The first-order valence-corrected chi connectivity index (χ1v) is 8.39. The number of amides is 2. The summed E-state index contributed by atoms with van der Waals surface area (Å²) in [7, 11) is 8.08. The summed E-state index contributed by atoms with van der Waals surface area (Å²) >= 11 is 0. The fourth-order valence-corrected chi connectivity index (χ4v) is 2.01. The van der Waals surface area contributed by atoms with E-state index in [4.69, 9.17) is 4.74 Å². The number of nitrogens with zero attached hydrogens (tertiary/aromatic N) is 3. The summed E-state index contributed by atoms with van der Waals surface area (Å²) in [6.45, 7) is 8.86. The minimum Gasteiger partial charge on any atom is -0.460 e. The fraction of sp³-hybridized carbons (Fsp3) is 0.765. The molecule has 7 heteroatoms. The molecule has 0 aliphatic heterocycles. The molecule has 24 heavy (non-hydrogen) atoms. The van der Waals surface area contributed by atoms with Gasteiger partial charge in [0.2, 0.25) is 0 Å². The SMILES string of the molecule is C=C(C)C(=O)OCCNC(=O)N(CCCN(C)C)CCCN(C)C. The molecule has 0 atom stereocenters. The van der Waals surface area contributed by atoms with Gasteiger partial charge in [0.25, 0.3) is 0 Å². The molecule has 0 spiro atoms. The highest BCUT2D eigenvalue weighted by molar-refractivity contribution is 5.86. The van der Waals surface area contributed by atoms with Crippen LogP contribution in [0, 0.1) is 0 Å². The van der Waals surface area contributed by atoms with Crippen LogP contribution in [0.5, 0.6) is 0 Å². The van der Waals surface area contributed by atoms with Crippen molar-refractivity contribution in [2.24, 2.45) is 0 Å². The molecular weight excluding hydrogens is 308 g/mol. The summed E-state index contributed by atoms with van der Waals surface area (Å²) in [5.41, 5.74) is 0.357. The van der Waals surface area contributed by atoms with Crippen LogP contribution in [-0.4, -0.2) is 94.2 Å². The average Bonchev–Trinajstić information content (AvgIpc) is 2.48. The molecule has 0 radical (unpaired) electrons. The number of hydrogen-bond acceptors (Lipinski definition) is 5. The van der Waals surface area contributed by atoms with E-state index in [-0.39, 0.29) is 12.6 Å². The molecule has 0 rings (SSSR count). The van der Waals surface area contributed by atoms with Crippen LogP contribution in [0.4, 0.5) is 4.79 Å². The number of ether oxygens (including phenoxy) is 1. The number of carbonyl (C=O) groups is 2. The van der Waals surface area contributed by atoms with Crippen molar-refractivity contribution >= 4 is 12.0 Å². The van der Waals surface area contributed by atoms with Gasteiger partial charge in [-0.05, 0) is 61.0 Å². The third kappa shape index (κ3) is 11.9. The molecule has 0 saturated heterocycles. The zero-order chi connectivity index (χ0) is 18.5. The third-order valence-corrected chi connectivity index (χ3v) is 3.31. The number of urea groups is 1. The van der Waals surface area contributed by atoms with Crippen LogP contribution in [-0.2, 0) is 9.53 Å². The number of nitrogens with one attached hydrogen (secondary N) is 1. The second-order valence-corrected chi connectivity index (χ2v) is 6.45. The lowest BCUT2D eigenvalue weighted by Gasteiger charge is -2.24. The molecule has 0 aromatic rings. The van der Waals surface area contributed by atoms with Gasteiger partial charge in [0, 0.05) is 18.7 Å². The van der Waals surface area contributed by atoms with Gasteiger partial charge < -0.3 is 24.8 Å². The van der Waals surface area contributed by atoms with Gasteiger partial charge in [-0.3, -0.25) is 0 Å². The van der Waals surface area contributed by atoms with Crippen LogP contribution < -0.4 is 5.32 Å². The number of carbonyl (C=O) groups excluding carboxylic acids is 2. The maximum absolute atomic E-state index is 12.3. The smallest absolute Gasteiger partial charge is 0.333 e. The van der Waals surface area contributed by atoms with Crippen molar-refractivity contribution in [1.82, 2.24) is 20.0 Å². The summed E-state index contributed by atoms with van der Waals surface area (Å²) in [5.74, 6) is -0.432. The molecule has 7 nitrogen and oxygen atoms in total. The second kappa shape index (κ2) is 12.8. The Kier molecular flexibility index (Phi) is 11.9. The van der Waals surface area contributed by atoms with Crippen LogP contribution in [0.25, 0.3) is 0 Å².